The minimum absolute atomic E-state index is 0.0683. The highest BCUT2D eigenvalue weighted by Gasteiger charge is 2.28. The monoisotopic (exact) mass is 387 g/mol. The zero-order valence-electron chi connectivity index (χ0n) is 14.5. The van der Waals surface area contributed by atoms with Crippen molar-refractivity contribution in [3.8, 4) is 0 Å². The number of nitrogens with zero attached hydrogens (tertiary/aromatic N) is 3. The third kappa shape index (κ3) is 3.88. The van der Waals surface area contributed by atoms with Crippen LogP contribution in [0.2, 0.25) is 0 Å². The van der Waals surface area contributed by atoms with Gasteiger partial charge in [-0.2, -0.15) is 0 Å². The van der Waals surface area contributed by atoms with E-state index in [-0.39, 0.29) is 18.3 Å². The van der Waals surface area contributed by atoms with E-state index in [0.717, 1.165) is 11.8 Å². The van der Waals surface area contributed by atoms with Crippen LogP contribution >= 0.6 is 11.6 Å². The van der Waals surface area contributed by atoms with Gasteiger partial charge in [0.05, 0.1) is 23.5 Å². The predicted octanol–water partition coefficient (Wildman–Crippen LogP) is 0.478. The summed E-state index contributed by atoms with van der Waals surface area (Å²) in [5.74, 6) is 0.109. The lowest BCUT2D eigenvalue weighted by molar-refractivity contribution is -0.108. The van der Waals surface area contributed by atoms with Crippen molar-refractivity contribution in [1.82, 2.24) is 21.1 Å². The Bertz CT molecular complexity index is 878. The van der Waals surface area contributed by atoms with Crippen molar-refractivity contribution in [3.63, 3.8) is 0 Å². The second kappa shape index (κ2) is 8.11. The summed E-state index contributed by atoms with van der Waals surface area (Å²) in [6.45, 7) is 0.485. The normalized spacial score (nSPS) is 19.0. The molecule has 0 fully saturated rings. The average molecular weight is 388 g/mol. The van der Waals surface area contributed by atoms with E-state index in [0.29, 0.717) is 34.7 Å². The highest BCUT2D eigenvalue weighted by Crippen LogP contribution is 2.28. The Morgan fingerprint density at radius 2 is 2.37 bits per heavy atom. The lowest BCUT2D eigenvalue weighted by Gasteiger charge is -2.21. The van der Waals surface area contributed by atoms with Crippen LogP contribution in [0.5, 0.6) is 0 Å². The number of benzene rings is 1. The second-order valence-corrected chi connectivity index (χ2v) is 6.18. The fraction of sp³-hybridized carbons (Fsp3) is 0.235. The lowest BCUT2D eigenvalue weighted by atomic mass is 10.0. The van der Waals surface area contributed by atoms with Crippen molar-refractivity contribution in [2.45, 2.75) is 12.8 Å². The zero-order chi connectivity index (χ0) is 19.4. The summed E-state index contributed by atoms with van der Waals surface area (Å²) in [6, 6.07) is 5.45. The minimum Gasteiger partial charge on any atom is -0.344 e. The average Bonchev–Trinajstić information content (AvgIpc) is 2.98. The summed E-state index contributed by atoms with van der Waals surface area (Å²) in [4.78, 5) is 33.1. The number of nitrogens with one attached hydrogen (secondary N) is 4. The molecule has 140 valence electrons. The van der Waals surface area contributed by atoms with Crippen LogP contribution in [-0.4, -0.2) is 55.2 Å². The quantitative estimate of drug-likeness (QED) is 0.245. The number of hydrogen-bond donors (Lipinski definition) is 4. The molecular formula is C17H18ClN7O2. The molecule has 0 radical (unpaired) electrons. The van der Waals surface area contributed by atoms with Crippen LogP contribution < -0.4 is 16.2 Å². The molecule has 27 heavy (non-hydrogen) atoms. The smallest absolute Gasteiger partial charge is 0.254 e. The van der Waals surface area contributed by atoms with Crippen LogP contribution in [0.4, 0.5) is 0 Å². The minimum atomic E-state index is -0.671. The number of amidine groups is 1. The molecule has 4 N–H and O–H groups in total. The molecular weight excluding hydrogens is 370 g/mol. The van der Waals surface area contributed by atoms with Crippen LogP contribution in [0.1, 0.15) is 21.5 Å². The predicted molar refractivity (Wildman–Crippen MR) is 104 cm³/mol. The maximum atomic E-state index is 12.4. The fourth-order valence-corrected chi connectivity index (χ4v) is 3.06. The van der Waals surface area contributed by atoms with Crippen LogP contribution in [0.25, 0.3) is 5.70 Å². The third-order valence-electron chi connectivity index (χ3n) is 4.06. The topological polar surface area (TPSA) is 122 Å². The van der Waals surface area contributed by atoms with Crippen LogP contribution in [0.3, 0.4) is 0 Å². The summed E-state index contributed by atoms with van der Waals surface area (Å²) in [5, 5.41) is 10.8. The molecule has 1 unspecified atom stereocenters. The first-order valence-electron chi connectivity index (χ1n) is 8.14. The second-order valence-electron chi connectivity index (χ2n) is 5.78. The number of carbonyl (C=O) groups is 2. The van der Waals surface area contributed by atoms with Gasteiger partial charge in [-0.1, -0.05) is 23.7 Å². The van der Waals surface area contributed by atoms with Gasteiger partial charge in [0.2, 0.25) is 6.29 Å². The number of hydrazine groups is 1. The Labute approximate surface area is 160 Å². The van der Waals surface area contributed by atoms with E-state index in [1.807, 2.05) is 12.1 Å². The van der Waals surface area contributed by atoms with Gasteiger partial charge in [0.15, 0.2) is 5.84 Å². The van der Waals surface area contributed by atoms with Gasteiger partial charge < -0.3 is 25.8 Å². The Hall–Kier alpha value is -3.04. The van der Waals surface area contributed by atoms with Crippen LogP contribution in [0.15, 0.2) is 33.2 Å². The maximum absolute atomic E-state index is 12.4. The first-order valence-corrected chi connectivity index (χ1v) is 8.52. The molecule has 10 heteroatoms. The number of amides is 1. The van der Waals surface area contributed by atoms with Crippen molar-refractivity contribution in [2.24, 2.45) is 9.98 Å². The van der Waals surface area contributed by atoms with E-state index in [2.05, 4.69) is 26.2 Å². The highest BCUT2D eigenvalue weighted by atomic mass is 35.5. The standard InChI is InChI=1S/C17H18ClN7O2/c1-20-24-14(7-19)22-17-21-8-13(18)15(23-17)10-2-3-11-9-25(4-5-26)16(27)12(11)6-10/h2-3,5-8,17,19-20,23H,4,9H2,1H3,(H,22,24). The Morgan fingerprint density at radius 3 is 3.07 bits per heavy atom. The van der Waals surface area contributed by atoms with Gasteiger partial charge in [-0.3, -0.25) is 4.79 Å². The number of hydrogen-bond acceptors (Lipinski definition) is 7. The molecule has 2 aliphatic heterocycles. The van der Waals surface area contributed by atoms with E-state index < -0.39 is 6.29 Å². The number of carbonyl (C=O) groups excluding carboxylic acids is 2. The molecule has 1 amide bonds. The Kier molecular flexibility index (Phi) is 5.63. The molecule has 0 aliphatic carbocycles. The van der Waals surface area contributed by atoms with Crippen LogP contribution in [-0.2, 0) is 11.3 Å². The summed E-state index contributed by atoms with van der Waals surface area (Å²) in [6.07, 6.45) is 2.58. The zero-order valence-corrected chi connectivity index (χ0v) is 15.2. The van der Waals surface area contributed by atoms with Gasteiger partial charge in [0.25, 0.3) is 5.91 Å². The molecule has 0 saturated carbocycles. The molecule has 9 nitrogen and oxygen atoms in total. The van der Waals surface area contributed by atoms with Gasteiger partial charge in [-0.25, -0.2) is 15.4 Å². The van der Waals surface area contributed by atoms with E-state index in [1.165, 1.54) is 11.1 Å². The number of halogens is 1. The van der Waals surface area contributed by atoms with E-state index >= 15 is 0 Å². The van der Waals surface area contributed by atoms with Crippen molar-refractivity contribution in [1.29, 1.82) is 5.41 Å². The molecule has 0 saturated heterocycles. The first-order chi connectivity index (χ1) is 13.1. The first kappa shape index (κ1) is 18.7. The molecule has 0 bridgehead atoms. The Morgan fingerprint density at radius 1 is 1.56 bits per heavy atom. The van der Waals surface area contributed by atoms with Crippen molar-refractivity contribution < 1.29 is 9.59 Å². The summed E-state index contributed by atoms with van der Waals surface area (Å²) < 4.78 is 0. The van der Waals surface area contributed by atoms with E-state index in [9.17, 15) is 9.59 Å². The van der Waals surface area contributed by atoms with Gasteiger partial charge in [-0.05, 0) is 11.6 Å². The number of fused-ring (bicyclic) bond motifs is 1. The van der Waals surface area contributed by atoms with Gasteiger partial charge in [0.1, 0.15) is 6.29 Å². The molecule has 2 heterocycles. The number of rotatable bonds is 6. The summed E-state index contributed by atoms with van der Waals surface area (Å²) >= 11 is 6.28. The lowest BCUT2D eigenvalue weighted by Crippen LogP contribution is -2.38. The number of aldehydes is 1. The molecule has 1 aromatic carbocycles. The summed E-state index contributed by atoms with van der Waals surface area (Å²) in [7, 11) is 1.66. The largest absolute Gasteiger partial charge is 0.344 e. The van der Waals surface area contributed by atoms with Crippen LogP contribution in [0, 0.1) is 5.41 Å². The molecule has 1 aromatic rings. The molecule has 0 aromatic heterocycles. The molecule has 2 aliphatic rings. The molecule has 0 spiro atoms. The van der Waals surface area contributed by atoms with E-state index in [4.69, 9.17) is 17.0 Å². The Balaban J connectivity index is 1.87. The number of aliphatic imine (C=N–C) groups is 2. The molecule has 3 rings (SSSR count). The van der Waals surface area contributed by atoms with Crippen molar-refractivity contribution in [2.75, 3.05) is 13.6 Å². The van der Waals surface area contributed by atoms with Gasteiger partial charge in [0, 0.05) is 30.9 Å². The van der Waals surface area contributed by atoms with Crippen molar-refractivity contribution >= 4 is 47.8 Å². The maximum Gasteiger partial charge on any atom is 0.254 e. The SMILES string of the molecule is CNN/C(C=N)=N\C1N=CC(Cl)=C(c2ccc3c(c2)C(=O)N(CC=O)C3)N1. The molecule has 1 atom stereocenters. The summed E-state index contributed by atoms with van der Waals surface area (Å²) in [5.41, 5.74) is 8.12. The van der Waals surface area contributed by atoms with Gasteiger partial charge in [-0.15, -0.1) is 0 Å². The van der Waals surface area contributed by atoms with E-state index in [1.54, 1.807) is 13.1 Å². The van der Waals surface area contributed by atoms with Gasteiger partial charge >= 0.3 is 0 Å². The third-order valence-corrected chi connectivity index (χ3v) is 4.35. The number of allylic oxidation sites excluding steroid dienone is 1. The highest BCUT2D eigenvalue weighted by molar-refractivity contribution is 6.42. The fourth-order valence-electron chi connectivity index (χ4n) is 2.84. The van der Waals surface area contributed by atoms with Crippen molar-refractivity contribution in [3.05, 3.63) is 39.9 Å².